The number of anilines is 1. The number of benzene rings is 2. The zero-order valence-electron chi connectivity index (χ0n) is 17.2. The van der Waals surface area contributed by atoms with Crippen LogP contribution in [0.1, 0.15) is 36.2 Å². The molecule has 3 rings (SSSR count). The second-order valence-electron chi connectivity index (χ2n) is 7.95. The van der Waals surface area contributed by atoms with Gasteiger partial charge in [-0.2, -0.15) is 4.31 Å². The number of nitro benzene ring substituents is 1. The smallest absolute Gasteiger partial charge is 0.274 e. The van der Waals surface area contributed by atoms with Gasteiger partial charge in [-0.1, -0.05) is 19.9 Å². The standard InChI is InChI=1S/C21H25N3O5S/c1-14-11-15(2)13-23(12-14)30(28,29)18-9-7-17(8-10-18)21(25)22-19-5-4-6-20(16(19)3)24(26)27/h4-10,14-15H,11-13H2,1-3H3,(H,22,25). The highest BCUT2D eigenvalue weighted by atomic mass is 32.2. The van der Waals surface area contributed by atoms with Crippen molar-refractivity contribution in [3.63, 3.8) is 0 Å². The molecule has 0 radical (unpaired) electrons. The number of piperidine rings is 1. The predicted octanol–water partition coefficient (Wildman–Crippen LogP) is 3.82. The number of sulfonamides is 1. The summed E-state index contributed by atoms with van der Waals surface area (Å²) < 4.78 is 27.4. The molecule has 0 aliphatic carbocycles. The second-order valence-corrected chi connectivity index (χ2v) is 9.89. The van der Waals surface area contributed by atoms with Crippen molar-refractivity contribution in [2.24, 2.45) is 11.8 Å². The maximum Gasteiger partial charge on any atom is 0.274 e. The summed E-state index contributed by atoms with van der Waals surface area (Å²) in [6.07, 6.45) is 1.00. The lowest BCUT2D eigenvalue weighted by molar-refractivity contribution is -0.385. The van der Waals surface area contributed by atoms with E-state index in [1.54, 1.807) is 13.0 Å². The number of carbonyl (C=O) groups is 1. The number of nitrogens with zero attached hydrogens (tertiary/aromatic N) is 2. The Balaban J connectivity index is 1.78. The third-order valence-corrected chi connectivity index (χ3v) is 7.19. The highest BCUT2D eigenvalue weighted by Gasteiger charge is 2.31. The normalized spacial score (nSPS) is 20.0. The van der Waals surface area contributed by atoms with E-state index in [-0.39, 0.29) is 16.1 Å². The minimum atomic E-state index is -3.62. The third kappa shape index (κ3) is 4.52. The number of hydrogen-bond acceptors (Lipinski definition) is 5. The van der Waals surface area contributed by atoms with Gasteiger partial charge in [-0.05, 0) is 55.5 Å². The van der Waals surface area contributed by atoms with Crippen LogP contribution in [0.25, 0.3) is 0 Å². The van der Waals surface area contributed by atoms with E-state index < -0.39 is 20.9 Å². The molecule has 2 aromatic carbocycles. The van der Waals surface area contributed by atoms with Crippen molar-refractivity contribution in [2.45, 2.75) is 32.1 Å². The Kier molecular flexibility index (Phi) is 6.23. The SMILES string of the molecule is Cc1c(NC(=O)c2ccc(S(=O)(=O)N3CC(C)CC(C)C3)cc2)cccc1[N+](=O)[O-]. The second kappa shape index (κ2) is 8.53. The Hall–Kier alpha value is -2.78. The van der Waals surface area contributed by atoms with Crippen molar-refractivity contribution >= 4 is 27.3 Å². The molecule has 1 aliphatic heterocycles. The van der Waals surface area contributed by atoms with Crippen LogP contribution in [0.5, 0.6) is 0 Å². The van der Waals surface area contributed by atoms with Gasteiger partial charge in [0.2, 0.25) is 10.0 Å². The van der Waals surface area contributed by atoms with E-state index in [0.29, 0.717) is 36.2 Å². The minimum Gasteiger partial charge on any atom is -0.321 e. The predicted molar refractivity (Wildman–Crippen MR) is 114 cm³/mol. The number of rotatable bonds is 5. The first-order chi connectivity index (χ1) is 14.1. The summed E-state index contributed by atoms with van der Waals surface area (Å²) in [5, 5.41) is 13.7. The van der Waals surface area contributed by atoms with Gasteiger partial charge in [0.1, 0.15) is 0 Å². The fraction of sp³-hybridized carbons (Fsp3) is 0.381. The topological polar surface area (TPSA) is 110 Å². The number of hydrogen-bond donors (Lipinski definition) is 1. The lowest BCUT2D eigenvalue weighted by Gasteiger charge is -2.34. The number of nitro groups is 1. The van der Waals surface area contributed by atoms with Gasteiger partial charge >= 0.3 is 0 Å². The molecular formula is C21H25N3O5S. The molecule has 0 aromatic heterocycles. The van der Waals surface area contributed by atoms with Crippen molar-refractivity contribution in [3.8, 4) is 0 Å². The van der Waals surface area contributed by atoms with E-state index in [9.17, 15) is 23.3 Å². The van der Waals surface area contributed by atoms with Crippen LogP contribution in [0.2, 0.25) is 0 Å². The first-order valence-electron chi connectivity index (χ1n) is 9.75. The van der Waals surface area contributed by atoms with Crippen molar-refractivity contribution in [3.05, 3.63) is 63.7 Å². The lowest BCUT2D eigenvalue weighted by Crippen LogP contribution is -2.42. The van der Waals surface area contributed by atoms with Crippen LogP contribution in [0.15, 0.2) is 47.4 Å². The fourth-order valence-electron chi connectivity index (χ4n) is 3.88. The number of nitrogens with one attached hydrogen (secondary N) is 1. The summed E-state index contributed by atoms with van der Waals surface area (Å²) in [6, 6.07) is 10.2. The molecule has 1 aliphatic rings. The highest BCUT2D eigenvalue weighted by molar-refractivity contribution is 7.89. The molecule has 1 N–H and O–H groups in total. The van der Waals surface area contributed by atoms with Crippen molar-refractivity contribution in [1.29, 1.82) is 0 Å². The van der Waals surface area contributed by atoms with Gasteiger partial charge in [0.05, 0.1) is 21.1 Å². The van der Waals surface area contributed by atoms with Gasteiger partial charge in [0, 0.05) is 24.7 Å². The molecule has 160 valence electrons. The molecule has 1 fully saturated rings. The van der Waals surface area contributed by atoms with Gasteiger partial charge in [-0.15, -0.1) is 0 Å². The molecule has 1 saturated heterocycles. The monoisotopic (exact) mass is 431 g/mol. The molecule has 2 atom stereocenters. The Morgan fingerprint density at radius 1 is 1.10 bits per heavy atom. The van der Waals surface area contributed by atoms with E-state index in [1.807, 2.05) is 13.8 Å². The van der Waals surface area contributed by atoms with E-state index in [0.717, 1.165) is 6.42 Å². The molecule has 9 heteroatoms. The van der Waals surface area contributed by atoms with Crippen LogP contribution < -0.4 is 5.32 Å². The summed E-state index contributed by atoms with van der Waals surface area (Å²) in [5.74, 6) is 0.126. The van der Waals surface area contributed by atoms with Gasteiger partial charge < -0.3 is 5.32 Å². The molecule has 1 heterocycles. The summed E-state index contributed by atoms with van der Waals surface area (Å²) in [5.41, 5.74) is 0.866. The molecule has 0 bridgehead atoms. The molecular weight excluding hydrogens is 406 g/mol. The average Bonchev–Trinajstić information content (AvgIpc) is 2.68. The largest absolute Gasteiger partial charge is 0.321 e. The van der Waals surface area contributed by atoms with Crippen LogP contribution in [-0.4, -0.2) is 36.6 Å². The number of carbonyl (C=O) groups excluding carboxylic acids is 1. The van der Waals surface area contributed by atoms with E-state index in [4.69, 9.17) is 0 Å². The molecule has 30 heavy (non-hydrogen) atoms. The molecule has 1 amide bonds. The maximum absolute atomic E-state index is 13.0. The van der Waals surface area contributed by atoms with E-state index >= 15 is 0 Å². The maximum atomic E-state index is 13.0. The van der Waals surface area contributed by atoms with Crippen LogP contribution in [0.4, 0.5) is 11.4 Å². The van der Waals surface area contributed by atoms with Crippen LogP contribution in [0.3, 0.4) is 0 Å². The molecule has 2 aromatic rings. The Morgan fingerprint density at radius 3 is 2.27 bits per heavy atom. The first kappa shape index (κ1) is 21.9. The van der Waals surface area contributed by atoms with Crippen LogP contribution >= 0.6 is 0 Å². The van der Waals surface area contributed by atoms with Gasteiger partial charge in [0.15, 0.2) is 0 Å². The van der Waals surface area contributed by atoms with E-state index in [2.05, 4.69) is 5.32 Å². The van der Waals surface area contributed by atoms with Gasteiger partial charge in [-0.3, -0.25) is 14.9 Å². The lowest BCUT2D eigenvalue weighted by atomic mass is 9.94. The summed E-state index contributed by atoms with van der Waals surface area (Å²) in [4.78, 5) is 23.3. The molecule has 8 nitrogen and oxygen atoms in total. The van der Waals surface area contributed by atoms with Crippen molar-refractivity contribution in [1.82, 2.24) is 4.31 Å². The Morgan fingerprint density at radius 2 is 1.70 bits per heavy atom. The summed E-state index contributed by atoms with van der Waals surface area (Å²) in [7, 11) is -3.62. The fourth-order valence-corrected chi connectivity index (χ4v) is 5.56. The highest BCUT2D eigenvalue weighted by Crippen LogP contribution is 2.28. The van der Waals surface area contributed by atoms with E-state index in [1.165, 1.54) is 40.7 Å². The Bertz CT molecular complexity index is 1060. The molecule has 0 saturated carbocycles. The quantitative estimate of drug-likeness (QED) is 0.572. The number of amides is 1. The minimum absolute atomic E-state index is 0.0840. The zero-order valence-corrected chi connectivity index (χ0v) is 18.0. The summed E-state index contributed by atoms with van der Waals surface area (Å²) >= 11 is 0. The zero-order chi connectivity index (χ0) is 22.1. The van der Waals surface area contributed by atoms with Crippen LogP contribution in [-0.2, 0) is 10.0 Å². The van der Waals surface area contributed by atoms with Gasteiger partial charge in [0.25, 0.3) is 11.6 Å². The molecule has 0 spiro atoms. The van der Waals surface area contributed by atoms with Crippen LogP contribution in [0, 0.1) is 28.9 Å². The average molecular weight is 432 g/mol. The first-order valence-corrected chi connectivity index (χ1v) is 11.2. The van der Waals surface area contributed by atoms with Gasteiger partial charge in [-0.25, -0.2) is 8.42 Å². The third-order valence-electron chi connectivity index (χ3n) is 5.34. The Labute approximate surface area is 176 Å². The van der Waals surface area contributed by atoms with Crippen molar-refractivity contribution < 1.29 is 18.1 Å². The summed E-state index contributed by atoms with van der Waals surface area (Å²) in [6.45, 7) is 6.62. The van der Waals surface area contributed by atoms with Crippen molar-refractivity contribution in [2.75, 3.05) is 18.4 Å². The molecule has 2 unspecified atom stereocenters.